The summed E-state index contributed by atoms with van der Waals surface area (Å²) in [4.78, 5) is 9.66. The van der Waals surface area contributed by atoms with Crippen LogP contribution in [0.5, 0.6) is 0 Å². The molecule has 4 heteroatoms. The lowest BCUT2D eigenvalue weighted by atomic mass is 9.82. The third kappa shape index (κ3) is 2.46. The predicted molar refractivity (Wildman–Crippen MR) is 133 cm³/mol. The fraction of sp³-hybridized carbons (Fsp3) is 0.103. The van der Waals surface area contributed by atoms with E-state index in [0.717, 1.165) is 38.3 Å². The predicted octanol–water partition coefficient (Wildman–Crippen LogP) is 6.70. The Morgan fingerprint density at radius 3 is 2.21 bits per heavy atom. The fourth-order valence-electron chi connectivity index (χ4n) is 5.37. The molecule has 0 N–H and O–H groups in total. The van der Waals surface area contributed by atoms with Crippen LogP contribution in [-0.2, 0) is 5.41 Å². The second-order valence-corrected chi connectivity index (χ2v) is 9.21. The summed E-state index contributed by atoms with van der Waals surface area (Å²) >= 11 is 0. The van der Waals surface area contributed by atoms with Crippen molar-refractivity contribution in [3.63, 3.8) is 0 Å². The molecule has 6 aromatic rings. The van der Waals surface area contributed by atoms with Gasteiger partial charge in [0, 0.05) is 33.3 Å². The molecule has 156 valence electrons. The van der Waals surface area contributed by atoms with Gasteiger partial charge in [0.05, 0.1) is 5.52 Å². The molecule has 0 saturated carbocycles. The maximum absolute atomic E-state index is 5.04. The summed E-state index contributed by atoms with van der Waals surface area (Å²) in [5, 5.41) is 12.3. The average Bonchev–Trinajstić information content (AvgIpc) is 3.10. The molecule has 2 aromatic heterocycles. The molecular weight excluding hydrogens is 404 g/mol. The van der Waals surface area contributed by atoms with Gasteiger partial charge in [0.2, 0.25) is 0 Å². The minimum atomic E-state index is -0.0687. The first-order valence-corrected chi connectivity index (χ1v) is 11.2. The van der Waals surface area contributed by atoms with Gasteiger partial charge in [-0.2, -0.15) is 0 Å². The smallest absolute Gasteiger partial charge is 0.182 e. The van der Waals surface area contributed by atoms with Crippen LogP contribution in [0.25, 0.3) is 55.2 Å². The van der Waals surface area contributed by atoms with Crippen LogP contribution < -0.4 is 0 Å². The highest BCUT2D eigenvalue weighted by Gasteiger charge is 2.35. The van der Waals surface area contributed by atoms with Crippen LogP contribution in [0.4, 0.5) is 0 Å². The highest BCUT2D eigenvalue weighted by atomic mass is 15.2. The Bertz CT molecular complexity index is 1720. The third-order valence-corrected chi connectivity index (χ3v) is 7.03. The molecule has 1 aliphatic carbocycles. The molecule has 0 bridgehead atoms. The van der Waals surface area contributed by atoms with Crippen molar-refractivity contribution in [2.75, 3.05) is 0 Å². The van der Waals surface area contributed by atoms with E-state index in [0.29, 0.717) is 5.82 Å². The summed E-state index contributed by atoms with van der Waals surface area (Å²) in [5.74, 6) is 0.644. The first-order chi connectivity index (χ1) is 16.1. The van der Waals surface area contributed by atoms with E-state index in [-0.39, 0.29) is 5.41 Å². The number of hydrogen-bond donors (Lipinski definition) is 0. The topological polar surface area (TPSA) is 51.6 Å². The Morgan fingerprint density at radius 1 is 0.606 bits per heavy atom. The molecule has 1 aliphatic rings. The third-order valence-electron chi connectivity index (χ3n) is 7.03. The normalized spacial score (nSPS) is 14.0. The molecule has 4 nitrogen and oxygen atoms in total. The van der Waals surface area contributed by atoms with E-state index in [1.807, 2.05) is 30.5 Å². The number of nitrogens with zero attached hydrogens (tertiary/aromatic N) is 4. The largest absolute Gasteiger partial charge is 0.256 e. The van der Waals surface area contributed by atoms with Crippen LogP contribution in [0, 0.1) is 0 Å². The lowest BCUT2D eigenvalue weighted by molar-refractivity contribution is 0.660. The van der Waals surface area contributed by atoms with Crippen LogP contribution in [0.1, 0.15) is 25.0 Å². The quantitative estimate of drug-likeness (QED) is 0.276. The number of aromatic nitrogens is 4. The van der Waals surface area contributed by atoms with E-state index in [2.05, 4.69) is 83.6 Å². The minimum absolute atomic E-state index is 0.0687. The van der Waals surface area contributed by atoms with Crippen molar-refractivity contribution in [3.05, 3.63) is 96.2 Å². The zero-order chi connectivity index (χ0) is 22.2. The molecule has 0 aliphatic heterocycles. The number of fused-ring (bicyclic) bond motifs is 9. The monoisotopic (exact) mass is 424 g/mol. The van der Waals surface area contributed by atoms with E-state index < -0.39 is 0 Å². The van der Waals surface area contributed by atoms with Crippen LogP contribution in [0.15, 0.2) is 85.1 Å². The van der Waals surface area contributed by atoms with Gasteiger partial charge in [0.1, 0.15) is 11.0 Å². The maximum atomic E-state index is 5.04. The molecule has 0 radical (unpaired) electrons. The van der Waals surface area contributed by atoms with Gasteiger partial charge in [-0.25, -0.2) is 4.98 Å². The molecule has 0 spiro atoms. The van der Waals surface area contributed by atoms with Crippen molar-refractivity contribution in [2.45, 2.75) is 19.3 Å². The maximum Gasteiger partial charge on any atom is 0.182 e. The zero-order valence-corrected chi connectivity index (χ0v) is 18.4. The first-order valence-electron chi connectivity index (χ1n) is 11.2. The summed E-state index contributed by atoms with van der Waals surface area (Å²) in [6.07, 6.45) is 1.82. The van der Waals surface area contributed by atoms with Gasteiger partial charge in [-0.1, -0.05) is 74.5 Å². The lowest BCUT2D eigenvalue weighted by Crippen LogP contribution is -2.15. The molecule has 0 amide bonds. The zero-order valence-electron chi connectivity index (χ0n) is 18.4. The van der Waals surface area contributed by atoms with Gasteiger partial charge in [-0.3, -0.25) is 4.98 Å². The molecule has 4 aromatic carbocycles. The van der Waals surface area contributed by atoms with E-state index in [9.17, 15) is 0 Å². The van der Waals surface area contributed by atoms with E-state index in [4.69, 9.17) is 4.98 Å². The molecule has 0 fully saturated rings. The van der Waals surface area contributed by atoms with Crippen LogP contribution in [-0.4, -0.2) is 20.2 Å². The molecule has 0 unspecified atom stereocenters. The molecule has 0 atom stereocenters. The fourth-order valence-corrected chi connectivity index (χ4v) is 5.37. The first kappa shape index (κ1) is 18.4. The van der Waals surface area contributed by atoms with E-state index in [1.165, 1.54) is 22.3 Å². The molecule has 33 heavy (non-hydrogen) atoms. The molecule has 7 rings (SSSR count). The summed E-state index contributed by atoms with van der Waals surface area (Å²) in [7, 11) is 0. The number of hydrogen-bond acceptors (Lipinski definition) is 4. The Morgan fingerprint density at radius 2 is 1.33 bits per heavy atom. The number of rotatable bonds is 1. The van der Waals surface area contributed by atoms with Crippen molar-refractivity contribution in [1.82, 2.24) is 20.2 Å². The number of benzene rings is 4. The lowest BCUT2D eigenvalue weighted by Gasteiger charge is -2.21. The Labute approximate surface area is 191 Å². The highest BCUT2D eigenvalue weighted by molar-refractivity contribution is 6.21. The van der Waals surface area contributed by atoms with Gasteiger partial charge in [0.25, 0.3) is 0 Å². The number of pyridine rings is 1. The van der Waals surface area contributed by atoms with Crippen molar-refractivity contribution in [2.24, 2.45) is 0 Å². The van der Waals surface area contributed by atoms with Gasteiger partial charge in [-0.05, 0) is 40.5 Å². The van der Waals surface area contributed by atoms with Crippen LogP contribution >= 0.6 is 0 Å². The minimum Gasteiger partial charge on any atom is -0.256 e. The van der Waals surface area contributed by atoms with Gasteiger partial charge in [-0.15, -0.1) is 10.2 Å². The van der Waals surface area contributed by atoms with Crippen LogP contribution in [0.2, 0.25) is 0 Å². The molecule has 0 saturated heterocycles. The Kier molecular flexibility index (Phi) is 3.58. The highest BCUT2D eigenvalue weighted by Crippen LogP contribution is 2.49. The van der Waals surface area contributed by atoms with E-state index >= 15 is 0 Å². The Balaban J connectivity index is 1.48. The SMILES string of the molecule is CC1(C)c2ccccc2-c2ccc(-c3nnc4c5cccnc5c5ccccc5c4n3)cc21. The second kappa shape index (κ2) is 6.42. The van der Waals surface area contributed by atoms with Crippen molar-refractivity contribution >= 4 is 32.7 Å². The van der Waals surface area contributed by atoms with Gasteiger partial charge in [0.15, 0.2) is 5.82 Å². The molecular formula is C29H20N4. The summed E-state index contributed by atoms with van der Waals surface area (Å²) < 4.78 is 0. The molecule has 2 heterocycles. The van der Waals surface area contributed by atoms with Crippen LogP contribution in [0.3, 0.4) is 0 Å². The van der Waals surface area contributed by atoms with Crippen molar-refractivity contribution in [3.8, 4) is 22.5 Å². The van der Waals surface area contributed by atoms with Gasteiger partial charge >= 0.3 is 0 Å². The van der Waals surface area contributed by atoms with Crippen molar-refractivity contribution in [1.29, 1.82) is 0 Å². The average molecular weight is 425 g/mol. The Hall–Kier alpha value is -4.18. The summed E-state index contributed by atoms with van der Waals surface area (Å²) in [6, 6.07) is 27.5. The second-order valence-electron chi connectivity index (χ2n) is 9.21. The van der Waals surface area contributed by atoms with Crippen molar-refractivity contribution < 1.29 is 0 Å². The summed E-state index contributed by atoms with van der Waals surface area (Å²) in [5.41, 5.74) is 8.76. The van der Waals surface area contributed by atoms with Gasteiger partial charge < -0.3 is 0 Å². The summed E-state index contributed by atoms with van der Waals surface area (Å²) in [6.45, 7) is 4.57. The standard InChI is InChI=1S/C29H20N4/c1-29(2)23-12-6-5-8-18(23)19-14-13-17(16-24(19)29)28-31-26-21-10-4-3-9-20(21)25-22(11-7-15-30-25)27(26)32-33-28/h3-16H,1-2H3. The van der Waals surface area contributed by atoms with E-state index in [1.54, 1.807) is 0 Å².